The summed E-state index contributed by atoms with van der Waals surface area (Å²) in [6.07, 6.45) is 1.58. The van der Waals surface area contributed by atoms with E-state index in [4.69, 9.17) is 27.9 Å². The van der Waals surface area contributed by atoms with Crippen molar-refractivity contribution in [1.29, 1.82) is 0 Å². The lowest BCUT2D eigenvalue weighted by Crippen LogP contribution is -2.38. The summed E-state index contributed by atoms with van der Waals surface area (Å²) in [7, 11) is 1.48. The number of halogens is 2. The van der Waals surface area contributed by atoms with Gasteiger partial charge in [-0.3, -0.25) is 9.59 Å². The van der Waals surface area contributed by atoms with Crippen LogP contribution in [0.4, 0.5) is 10.5 Å². The predicted molar refractivity (Wildman–Crippen MR) is 135 cm³/mol. The number of hydrogen-bond acceptors (Lipinski definition) is 4. The van der Waals surface area contributed by atoms with Crippen LogP contribution >= 0.6 is 23.2 Å². The molecule has 1 aliphatic rings. The molecule has 0 radical (unpaired) electrons. The number of aromatic nitrogens is 1. The summed E-state index contributed by atoms with van der Waals surface area (Å²) in [4.78, 5) is 38.8. The molecule has 0 aliphatic carbocycles. The van der Waals surface area contributed by atoms with Crippen LogP contribution in [0.3, 0.4) is 0 Å². The highest BCUT2D eigenvalue weighted by Crippen LogP contribution is 2.30. The Kier molecular flexibility index (Phi) is 6.86. The fourth-order valence-electron chi connectivity index (χ4n) is 3.92. The fraction of sp³-hybridized carbons (Fsp3) is 0.160. The van der Waals surface area contributed by atoms with Gasteiger partial charge in [-0.2, -0.15) is 0 Å². The molecule has 3 aromatic rings. The third kappa shape index (κ3) is 4.89. The van der Waals surface area contributed by atoms with E-state index in [9.17, 15) is 14.4 Å². The zero-order valence-electron chi connectivity index (χ0n) is 19.2. The normalized spacial score (nSPS) is 14.4. The molecule has 2 N–H and O–H groups in total. The number of amides is 4. The molecule has 0 atom stereocenters. The lowest BCUT2D eigenvalue weighted by atomic mass is 10.2. The second-order valence-electron chi connectivity index (χ2n) is 7.89. The molecule has 35 heavy (non-hydrogen) atoms. The van der Waals surface area contributed by atoms with E-state index in [1.54, 1.807) is 42.5 Å². The molecule has 10 heteroatoms. The zero-order chi connectivity index (χ0) is 25.3. The molecule has 1 fully saturated rings. The van der Waals surface area contributed by atoms with E-state index in [-0.39, 0.29) is 5.70 Å². The summed E-state index contributed by atoms with van der Waals surface area (Å²) in [6, 6.07) is 13.3. The lowest BCUT2D eigenvalue weighted by molar-refractivity contribution is -0.127. The van der Waals surface area contributed by atoms with Crippen molar-refractivity contribution >= 4 is 52.8 Å². The molecule has 4 rings (SSSR count). The Morgan fingerprint density at radius 1 is 1.11 bits per heavy atom. The van der Waals surface area contributed by atoms with E-state index in [1.807, 2.05) is 30.5 Å². The molecule has 0 spiro atoms. The fourth-order valence-corrected chi connectivity index (χ4v) is 4.41. The van der Waals surface area contributed by atoms with Gasteiger partial charge in [0.05, 0.1) is 23.5 Å². The topological polar surface area (TPSA) is 92.7 Å². The summed E-state index contributed by atoms with van der Waals surface area (Å²) < 4.78 is 7.14. The van der Waals surface area contributed by atoms with Crippen LogP contribution in [-0.4, -0.2) is 41.0 Å². The number of hydrogen-bond donors (Lipinski definition) is 2. The van der Waals surface area contributed by atoms with Crippen molar-refractivity contribution in [3.8, 4) is 11.4 Å². The number of urea groups is 1. The Hall–Kier alpha value is -3.75. The van der Waals surface area contributed by atoms with E-state index >= 15 is 0 Å². The smallest absolute Gasteiger partial charge is 0.329 e. The van der Waals surface area contributed by atoms with Gasteiger partial charge in [-0.15, -0.1) is 0 Å². The van der Waals surface area contributed by atoms with Crippen molar-refractivity contribution in [1.82, 2.24) is 14.8 Å². The molecule has 8 nitrogen and oxygen atoms in total. The average Bonchev–Trinajstić information content (AvgIpc) is 3.23. The van der Waals surface area contributed by atoms with Gasteiger partial charge >= 0.3 is 6.03 Å². The number of imide groups is 1. The van der Waals surface area contributed by atoms with Crippen molar-refractivity contribution in [3.05, 3.63) is 81.2 Å². The minimum absolute atomic E-state index is 0.0718. The van der Waals surface area contributed by atoms with E-state index in [1.165, 1.54) is 7.11 Å². The Morgan fingerprint density at radius 2 is 1.86 bits per heavy atom. The van der Waals surface area contributed by atoms with Gasteiger partial charge in [-0.1, -0.05) is 35.3 Å². The van der Waals surface area contributed by atoms with Gasteiger partial charge in [0.1, 0.15) is 18.0 Å². The van der Waals surface area contributed by atoms with E-state index in [0.29, 0.717) is 21.5 Å². The van der Waals surface area contributed by atoms with Crippen molar-refractivity contribution in [2.45, 2.75) is 13.8 Å². The molecule has 180 valence electrons. The molecule has 1 aliphatic heterocycles. The maximum absolute atomic E-state index is 12.9. The summed E-state index contributed by atoms with van der Waals surface area (Å²) in [5.41, 5.74) is 3.67. The minimum atomic E-state index is -0.675. The molecular formula is C25H22Cl2N4O4. The predicted octanol–water partition coefficient (Wildman–Crippen LogP) is 4.94. The highest BCUT2D eigenvalue weighted by molar-refractivity contribution is 6.35. The van der Waals surface area contributed by atoms with Crippen LogP contribution in [-0.2, 0) is 9.59 Å². The summed E-state index contributed by atoms with van der Waals surface area (Å²) in [5, 5.41) is 6.22. The number of carbonyl (C=O) groups excluding carboxylic acids is 3. The second kappa shape index (κ2) is 9.85. The summed E-state index contributed by atoms with van der Waals surface area (Å²) >= 11 is 12.4. The monoisotopic (exact) mass is 512 g/mol. The van der Waals surface area contributed by atoms with Gasteiger partial charge < -0.3 is 19.9 Å². The van der Waals surface area contributed by atoms with Crippen LogP contribution in [0.25, 0.3) is 11.8 Å². The first kappa shape index (κ1) is 24.4. The number of para-hydroxylation sites is 2. The van der Waals surface area contributed by atoms with Crippen molar-refractivity contribution in [2.75, 3.05) is 19.0 Å². The molecule has 0 saturated carbocycles. The second-order valence-corrected chi connectivity index (χ2v) is 8.73. The molecule has 2 aromatic carbocycles. The molecule has 1 saturated heterocycles. The highest BCUT2D eigenvalue weighted by Gasteiger charge is 2.35. The molecule has 4 amide bonds. The van der Waals surface area contributed by atoms with Crippen molar-refractivity contribution < 1.29 is 19.1 Å². The van der Waals surface area contributed by atoms with Crippen LogP contribution in [0.15, 0.2) is 54.2 Å². The number of aryl methyl sites for hydroxylation is 1. The maximum atomic E-state index is 12.9. The van der Waals surface area contributed by atoms with Crippen molar-refractivity contribution in [3.63, 3.8) is 0 Å². The number of methoxy groups -OCH3 is 1. The Labute approximate surface area is 212 Å². The van der Waals surface area contributed by atoms with Crippen LogP contribution < -0.4 is 15.4 Å². The quantitative estimate of drug-likeness (QED) is 0.361. The standard InChI is InChI=1S/C25H22Cl2N4O4/c1-14-10-16(15(2)31(14)21-9-8-17(26)12-18(21)27)11-20-24(33)30(25(34)29-20)13-23(32)28-19-6-4-5-7-22(19)35-3/h4-12H,13H2,1-3H3,(H,28,32)(H,29,34)/b20-11+. The summed E-state index contributed by atoms with van der Waals surface area (Å²) in [6.45, 7) is 3.34. The van der Waals surface area contributed by atoms with Gasteiger partial charge in [-0.05, 0) is 61.9 Å². The first-order valence-electron chi connectivity index (χ1n) is 10.6. The van der Waals surface area contributed by atoms with Crippen LogP contribution in [0.5, 0.6) is 5.75 Å². The number of anilines is 1. The van der Waals surface area contributed by atoms with Gasteiger partial charge in [0, 0.05) is 16.4 Å². The number of benzene rings is 2. The van der Waals surface area contributed by atoms with Crippen LogP contribution in [0.2, 0.25) is 10.0 Å². The highest BCUT2D eigenvalue weighted by atomic mass is 35.5. The van der Waals surface area contributed by atoms with Gasteiger partial charge in [0.2, 0.25) is 5.91 Å². The first-order chi connectivity index (χ1) is 16.7. The third-order valence-corrected chi connectivity index (χ3v) is 6.10. The van der Waals surface area contributed by atoms with Crippen LogP contribution in [0.1, 0.15) is 17.0 Å². The maximum Gasteiger partial charge on any atom is 0.329 e. The number of rotatable bonds is 6. The van der Waals surface area contributed by atoms with Gasteiger partial charge in [0.25, 0.3) is 5.91 Å². The molecule has 2 heterocycles. The molecule has 1 aromatic heterocycles. The Balaban J connectivity index is 1.55. The Morgan fingerprint density at radius 3 is 2.57 bits per heavy atom. The van der Waals surface area contributed by atoms with Crippen molar-refractivity contribution in [2.24, 2.45) is 0 Å². The van der Waals surface area contributed by atoms with E-state index < -0.39 is 24.4 Å². The van der Waals surface area contributed by atoms with E-state index in [0.717, 1.165) is 27.5 Å². The third-order valence-electron chi connectivity index (χ3n) is 5.57. The number of nitrogens with zero attached hydrogens (tertiary/aromatic N) is 2. The Bertz CT molecular complexity index is 1380. The zero-order valence-corrected chi connectivity index (χ0v) is 20.7. The molecular weight excluding hydrogens is 491 g/mol. The lowest BCUT2D eigenvalue weighted by Gasteiger charge is -2.13. The average molecular weight is 513 g/mol. The largest absolute Gasteiger partial charge is 0.495 e. The minimum Gasteiger partial charge on any atom is -0.495 e. The first-order valence-corrected chi connectivity index (χ1v) is 11.4. The van der Waals surface area contributed by atoms with Gasteiger partial charge in [-0.25, -0.2) is 9.69 Å². The van der Waals surface area contributed by atoms with Crippen LogP contribution in [0, 0.1) is 13.8 Å². The molecule has 0 bridgehead atoms. The SMILES string of the molecule is COc1ccccc1NC(=O)CN1C(=O)N/C(=C/c2cc(C)n(-c3ccc(Cl)cc3Cl)c2C)C1=O. The van der Waals surface area contributed by atoms with E-state index in [2.05, 4.69) is 10.6 Å². The molecule has 0 unspecified atom stereocenters. The number of nitrogens with one attached hydrogen (secondary N) is 2. The number of ether oxygens (including phenoxy) is 1. The van der Waals surface area contributed by atoms with Gasteiger partial charge in [0.15, 0.2) is 0 Å². The number of carbonyl (C=O) groups is 3. The summed E-state index contributed by atoms with van der Waals surface area (Å²) in [5.74, 6) is -0.663.